The van der Waals surface area contributed by atoms with Crippen LogP contribution in [0.4, 0.5) is 13.2 Å². The highest BCUT2D eigenvalue weighted by Gasteiger charge is 2.32. The predicted octanol–water partition coefficient (Wildman–Crippen LogP) is 2.64. The number of halogens is 3. The van der Waals surface area contributed by atoms with Crippen LogP contribution in [0, 0.1) is 6.92 Å². The molecule has 0 atom stereocenters. The molecule has 0 saturated carbocycles. The molecular weight excluding hydrogens is 291 g/mol. The lowest BCUT2D eigenvalue weighted by Crippen LogP contribution is -2.28. The van der Waals surface area contributed by atoms with Gasteiger partial charge in [-0.05, 0) is 19.1 Å². The molecule has 0 fully saturated rings. The Kier molecular flexibility index (Phi) is 3.94. The van der Waals surface area contributed by atoms with Crippen molar-refractivity contribution in [1.82, 2.24) is 14.5 Å². The van der Waals surface area contributed by atoms with E-state index in [0.717, 1.165) is 6.07 Å². The molecule has 0 radical (unpaired) electrons. The van der Waals surface area contributed by atoms with Gasteiger partial charge in [0.15, 0.2) is 0 Å². The number of hydrogen-bond donors (Lipinski definition) is 0. The number of thiophene rings is 1. The topological polar surface area (TPSA) is 47.8 Å². The van der Waals surface area contributed by atoms with E-state index < -0.39 is 16.7 Å². The summed E-state index contributed by atoms with van der Waals surface area (Å²) in [7, 11) is 0. The highest BCUT2D eigenvalue weighted by Crippen LogP contribution is 2.34. The van der Waals surface area contributed by atoms with Crippen molar-refractivity contribution >= 4 is 11.3 Å². The van der Waals surface area contributed by atoms with E-state index in [0.29, 0.717) is 34.3 Å². The third kappa shape index (κ3) is 3.06. The molecule has 0 N–H and O–H groups in total. The predicted molar refractivity (Wildman–Crippen MR) is 68.8 cm³/mol. The summed E-state index contributed by atoms with van der Waals surface area (Å²) in [6.45, 7) is 3.49. The van der Waals surface area contributed by atoms with E-state index in [9.17, 15) is 18.0 Å². The van der Waals surface area contributed by atoms with Crippen molar-refractivity contribution in [3.8, 4) is 0 Å². The average Bonchev–Trinajstić information content (AvgIpc) is 2.80. The number of aryl methyl sites for hydroxylation is 2. The minimum Gasteiger partial charge on any atom is -0.275 e. The number of aromatic nitrogens is 3. The molecule has 0 aliphatic heterocycles. The van der Waals surface area contributed by atoms with Crippen molar-refractivity contribution in [2.45, 2.75) is 33.0 Å². The number of rotatable bonds is 3. The molecule has 0 aliphatic rings. The maximum Gasteiger partial charge on any atom is 0.425 e. The standard InChI is InChI=1S/C12H12F3N3OS/c1-3-10-16-7(2)17-11(19)18(10)6-8-4-5-9(20-8)12(13,14)15/h4-5H,3,6H2,1-2H3. The molecule has 0 unspecified atom stereocenters. The van der Waals surface area contributed by atoms with Crippen LogP contribution in [0.2, 0.25) is 0 Å². The third-order valence-electron chi connectivity index (χ3n) is 2.66. The Morgan fingerprint density at radius 2 is 2.00 bits per heavy atom. The van der Waals surface area contributed by atoms with Crippen LogP contribution in [0.1, 0.15) is 28.3 Å². The van der Waals surface area contributed by atoms with Crippen LogP contribution in [-0.2, 0) is 19.1 Å². The van der Waals surface area contributed by atoms with E-state index in [2.05, 4.69) is 9.97 Å². The zero-order valence-corrected chi connectivity index (χ0v) is 11.7. The summed E-state index contributed by atoms with van der Waals surface area (Å²) >= 11 is 0.626. The Hall–Kier alpha value is -1.70. The lowest BCUT2D eigenvalue weighted by molar-refractivity contribution is -0.134. The van der Waals surface area contributed by atoms with E-state index in [1.807, 2.05) is 6.92 Å². The minimum atomic E-state index is -4.36. The fraction of sp³-hybridized carbons (Fsp3) is 0.417. The number of alkyl halides is 3. The molecule has 2 aromatic rings. The van der Waals surface area contributed by atoms with Gasteiger partial charge in [0, 0.05) is 11.3 Å². The van der Waals surface area contributed by atoms with Crippen molar-refractivity contribution in [2.75, 3.05) is 0 Å². The molecule has 0 bridgehead atoms. The Bertz CT molecular complexity index is 675. The van der Waals surface area contributed by atoms with Gasteiger partial charge in [-0.2, -0.15) is 18.2 Å². The van der Waals surface area contributed by atoms with Gasteiger partial charge in [0.25, 0.3) is 0 Å². The molecule has 4 nitrogen and oxygen atoms in total. The fourth-order valence-electron chi connectivity index (χ4n) is 1.78. The Labute approximate surface area is 116 Å². The van der Waals surface area contributed by atoms with Gasteiger partial charge in [-0.25, -0.2) is 9.78 Å². The van der Waals surface area contributed by atoms with Crippen LogP contribution < -0.4 is 5.69 Å². The molecule has 0 aromatic carbocycles. The normalized spacial score (nSPS) is 11.8. The summed E-state index contributed by atoms with van der Waals surface area (Å²) in [4.78, 5) is 19.4. The lowest BCUT2D eigenvalue weighted by Gasteiger charge is -2.09. The van der Waals surface area contributed by atoms with Gasteiger partial charge in [0.1, 0.15) is 16.5 Å². The van der Waals surface area contributed by atoms with Gasteiger partial charge in [-0.3, -0.25) is 4.57 Å². The Morgan fingerprint density at radius 3 is 2.55 bits per heavy atom. The van der Waals surface area contributed by atoms with Crippen LogP contribution in [0.5, 0.6) is 0 Å². The van der Waals surface area contributed by atoms with Crippen molar-refractivity contribution < 1.29 is 13.2 Å². The summed E-state index contributed by atoms with van der Waals surface area (Å²) < 4.78 is 38.9. The van der Waals surface area contributed by atoms with Gasteiger partial charge in [-0.15, -0.1) is 11.3 Å². The largest absolute Gasteiger partial charge is 0.425 e. The summed E-state index contributed by atoms with van der Waals surface area (Å²) in [5.74, 6) is 0.884. The van der Waals surface area contributed by atoms with E-state index in [1.165, 1.54) is 10.6 Å². The highest BCUT2D eigenvalue weighted by atomic mass is 32.1. The van der Waals surface area contributed by atoms with Gasteiger partial charge in [0.05, 0.1) is 6.54 Å². The lowest BCUT2D eigenvalue weighted by atomic mass is 10.4. The summed E-state index contributed by atoms with van der Waals surface area (Å²) in [5, 5.41) is 0. The zero-order chi connectivity index (χ0) is 14.9. The van der Waals surface area contributed by atoms with Crippen molar-refractivity contribution in [3.05, 3.63) is 44.0 Å². The fourth-order valence-corrected chi connectivity index (χ4v) is 2.65. The zero-order valence-electron chi connectivity index (χ0n) is 10.9. The van der Waals surface area contributed by atoms with E-state index in [-0.39, 0.29) is 6.54 Å². The molecule has 20 heavy (non-hydrogen) atoms. The Morgan fingerprint density at radius 1 is 1.30 bits per heavy atom. The minimum absolute atomic E-state index is 0.0586. The SMILES string of the molecule is CCc1nc(C)nc(=O)n1Cc1ccc(C(F)(F)F)s1. The molecular formula is C12H12F3N3OS. The van der Waals surface area contributed by atoms with E-state index in [1.54, 1.807) is 6.92 Å². The molecule has 2 heterocycles. The first-order valence-corrected chi connectivity index (χ1v) is 6.73. The first-order chi connectivity index (χ1) is 9.31. The first kappa shape index (κ1) is 14.7. The van der Waals surface area contributed by atoms with Crippen molar-refractivity contribution in [2.24, 2.45) is 0 Å². The van der Waals surface area contributed by atoms with Crippen LogP contribution in [-0.4, -0.2) is 14.5 Å². The monoisotopic (exact) mass is 303 g/mol. The van der Waals surface area contributed by atoms with Gasteiger partial charge >= 0.3 is 11.9 Å². The average molecular weight is 303 g/mol. The second-order valence-electron chi connectivity index (χ2n) is 4.17. The van der Waals surface area contributed by atoms with Gasteiger partial charge in [-0.1, -0.05) is 6.92 Å². The molecule has 0 amide bonds. The van der Waals surface area contributed by atoms with E-state index in [4.69, 9.17) is 0 Å². The second kappa shape index (κ2) is 5.35. The van der Waals surface area contributed by atoms with Gasteiger partial charge < -0.3 is 0 Å². The van der Waals surface area contributed by atoms with Crippen molar-refractivity contribution in [3.63, 3.8) is 0 Å². The molecule has 0 aliphatic carbocycles. The molecule has 0 saturated heterocycles. The third-order valence-corrected chi connectivity index (χ3v) is 3.78. The molecule has 2 rings (SSSR count). The number of nitrogens with zero attached hydrogens (tertiary/aromatic N) is 3. The molecule has 8 heteroatoms. The van der Waals surface area contributed by atoms with Crippen LogP contribution >= 0.6 is 11.3 Å². The quantitative estimate of drug-likeness (QED) is 0.876. The van der Waals surface area contributed by atoms with Crippen molar-refractivity contribution in [1.29, 1.82) is 0 Å². The van der Waals surface area contributed by atoms with Crippen LogP contribution in [0.25, 0.3) is 0 Å². The van der Waals surface area contributed by atoms with Crippen LogP contribution in [0.15, 0.2) is 16.9 Å². The number of hydrogen-bond acceptors (Lipinski definition) is 4. The highest BCUT2D eigenvalue weighted by molar-refractivity contribution is 7.12. The summed E-state index contributed by atoms with van der Waals surface area (Å²) in [6, 6.07) is 2.39. The molecule has 0 spiro atoms. The Balaban J connectivity index is 2.35. The van der Waals surface area contributed by atoms with E-state index >= 15 is 0 Å². The van der Waals surface area contributed by atoms with Gasteiger partial charge in [0.2, 0.25) is 0 Å². The summed E-state index contributed by atoms with van der Waals surface area (Å²) in [6.07, 6.45) is -3.85. The molecule has 2 aromatic heterocycles. The summed E-state index contributed by atoms with van der Waals surface area (Å²) in [5.41, 5.74) is -0.490. The maximum absolute atomic E-state index is 12.5. The first-order valence-electron chi connectivity index (χ1n) is 5.91. The second-order valence-corrected chi connectivity index (χ2v) is 5.34. The van der Waals surface area contributed by atoms with Crippen LogP contribution in [0.3, 0.4) is 0 Å². The smallest absolute Gasteiger partial charge is 0.275 e. The maximum atomic E-state index is 12.5. The molecule has 108 valence electrons.